The number of carbonyl (C=O) groups is 3. The van der Waals surface area contributed by atoms with E-state index in [9.17, 15) is 14.4 Å². The Labute approximate surface area is 478 Å². The number of ether oxygens (including phenoxy) is 3. The van der Waals surface area contributed by atoms with Crippen LogP contribution in [0.2, 0.25) is 0 Å². The first-order valence-electron chi connectivity index (χ1n) is 33.4. The first kappa shape index (κ1) is 73.8. The minimum atomic E-state index is -0.781. The monoisotopic (exact) mass is 1070 g/mol. The van der Waals surface area contributed by atoms with Crippen LogP contribution < -0.4 is 0 Å². The van der Waals surface area contributed by atoms with Crippen molar-refractivity contribution in [1.29, 1.82) is 0 Å². The molecule has 0 saturated heterocycles. The Balaban J connectivity index is 4.37. The van der Waals surface area contributed by atoms with E-state index < -0.39 is 6.10 Å². The number of unbranched alkanes of at least 4 members (excludes halogenated alkanes) is 38. The van der Waals surface area contributed by atoms with E-state index in [0.29, 0.717) is 19.3 Å². The normalized spacial score (nSPS) is 12.5. The molecule has 0 fully saturated rings. The molecular formula is C71H126O6. The second-order valence-corrected chi connectivity index (χ2v) is 22.4. The van der Waals surface area contributed by atoms with Gasteiger partial charge in [-0.05, 0) is 89.9 Å². The highest BCUT2D eigenvalue weighted by Crippen LogP contribution is 2.17. The van der Waals surface area contributed by atoms with Crippen LogP contribution in [-0.4, -0.2) is 37.2 Å². The molecule has 0 saturated carbocycles. The summed E-state index contributed by atoms with van der Waals surface area (Å²) < 4.78 is 17.0. The maximum atomic E-state index is 12.9. The smallest absolute Gasteiger partial charge is 0.306 e. The van der Waals surface area contributed by atoms with Crippen molar-refractivity contribution in [2.75, 3.05) is 13.2 Å². The van der Waals surface area contributed by atoms with Gasteiger partial charge < -0.3 is 14.2 Å². The van der Waals surface area contributed by atoms with Crippen molar-refractivity contribution in [1.82, 2.24) is 0 Å². The molecule has 0 bridgehead atoms. The highest BCUT2D eigenvalue weighted by atomic mass is 16.6. The van der Waals surface area contributed by atoms with Gasteiger partial charge in [0.1, 0.15) is 13.2 Å². The topological polar surface area (TPSA) is 78.9 Å². The first-order chi connectivity index (χ1) is 38.0. The summed E-state index contributed by atoms with van der Waals surface area (Å²) in [5, 5.41) is 0. The van der Waals surface area contributed by atoms with E-state index in [2.05, 4.69) is 93.7 Å². The summed E-state index contributed by atoms with van der Waals surface area (Å²) in [5.41, 5.74) is 0. The van der Waals surface area contributed by atoms with Crippen molar-refractivity contribution in [2.45, 2.75) is 348 Å². The predicted octanol–water partition coefficient (Wildman–Crippen LogP) is 22.9. The molecule has 1 atom stereocenters. The maximum absolute atomic E-state index is 12.9. The lowest BCUT2D eigenvalue weighted by molar-refractivity contribution is -0.167. The molecule has 1 unspecified atom stereocenters. The Kier molecular flexibility index (Phi) is 62.7. The zero-order valence-corrected chi connectivity index (χ0v) is 51.2. The number of rotatable bonds is 61. The summed E-state index contributed by atoms with van der Waals surface area (Å²) >= 11 is 0. The van der Waals surface area contributed by atoms with E-state index in [1.807, 2.05) is 0 Å². The van der Waals surface area contributed by atoms with Gasteiger partial charge in [-0.1, -0.05) is 306 Å². The number of hydrogen-bond acceptors (Lipinski definition) is 6. The first-order valence-corrected chi connectivity index (χ1v) is 33.4. The second-order valence-electron chi connectivity index (χ2n) is 22.4. The molecule has 0 radical (unpaired) electrons. The highest BCUT2D eigenvalue weighted by molar-refractivity contribution is 5.71. The SMILES string of the molecule is CC/C=C\C/C=C\C/C=C\C/C=C\C/C=C\CCCCCCCCCC(=O)OCC(COC(=O)CCCCCCCCCCCCCCCCCCC)OC(=O)CCCCCCCCCCC/C=C\CCCCCCCC. The Morgan fingerprint density at radius 1 is 0.273 bits per heavy atom. The Morgan fingerprint density at radius 2 is 0.506 bits per heavy atom. The van der Waals surface area contributed by atoms with E-state index in [0.717, 1.165) is 96.3 Å². The van der Waals surface area contributed by atoms with Gasteiger partial charge in [0.25, 0.3) is 0 Å². The zero-order chi connectivity index (χ0) is 55.7. The quantitative estimate of drug-likeness (QED) is 0.0261. The van der Waals surface area contributed by atoms with Crippen LogP contribution in [0.4, 0.5) is 0 Å². The van der Waals surface area contributed by atoms with Crippen molar-refractivity contribution < 1.29 is 28.6 Å². The third-order valence-electron chi connectivity index (χ3n) is 14.7. The number of esters is 3. The number of allylic oxidation sites excluding steroid dienone is 12. The van der Waals surface area contributed by atoms with E-state index >= 15 is 0 Å². The van der Waals surface area contributed by atoms with Crippen LogP contribution in [0.25, 0.3) is 0 Å². The Bertz CT molecular complexity index is 1420. The molecule has 0 aromatic rings. The van der Waals surface area contributed by atoms with Gasteiger partial charge in [0.2, 0.25) is 0 Å². The van der Waals surface area contributed by atoms with Crippen LogP contribution >= 0.6 is 0 Å². The van der Waals surface area contributed by atoms with Crippen molar-refractivity contribution in [3.8, 4) is 0 Å². The maximum Gasteiger partial charge on any atom is 0.306 e. The molecule has 0 aromatic heterocycles. The molecule has 446 valence electrons. The molecule has 0 aromatic carbocycles. The van der Waals surface area contributed by atoms with Crippen molar-refractivity contribution >= 4 is 17.9 Å². The highest BCUT2D eigenvalue weighted by Gasteiger charge is 2.19. The molecule has 0 aliphatic heterocycles. The lowest BCUT2D eigenvalue weighted by Gasteiger charge is -2.18. The van der Waals surface area contributed by atoms with Gasteiger partial charge in [0.05, 0.1) is 0 Å². The van der Waals surface area contributed by atoms with Crippen LogP contribution in [0, 0.1) is 0 Å². The average Bonchev–Trinajstić information content (AvgIpc) is 3.43. The third kappa shape index (κ3) is 63.6. The van der Waals surface area contributed by atoms with E-state index in [-0.39, 0.29) is 31.1 Å². The summed E-state index contributed by atoms with van der Waals surface area (Å²) in [6.45, 7) is 6.57. The van der Waals surface area contributed by atoms with Crippen LogP contribution in [-0.2, 0) is 28.6 Å². The molecule has 0 aliphatic rings. The van der Waals surface area contributed by atoms with Crippen molar-refractivity contribution in [3.05, 3.63) is 72.9 Å². The Morgan fingerprint density at radius 3 is 0.805 bits per heavy atom. The Hall–Kier alpha value is -3.15. The summed E-state index contributed by atoms with van der Waals surface area (Å²) in [4.78, 5) is 38.4. The molecule has 0 rings (SSSR count). The van der Waals surface area contributed by atoms with E-state index in [1.165, 1.54) is 205 Å². The van der Waals surface area contributed by atoms with Gasteiger partial charge in [-0.25, -0.2) is 0 Å². The fourth-order valence-electron chi connectivity index (χ4n) is 9.70. The fraction of sp³-hybridized carbons (Fsp3) is 0.789. The molecule has 0 aliphatic carbocycles. The average molecular weight is 1080 g/mol. The number of hydrogen-bond donors (Lipinski definition) is 0. The van der Waals surface area contributed by atoms with Gasteiger partial charge in [-0.15, -0.1) is 0 Å². The fourth-order valence-corrected chi connectivity index (χ4v) is 9.70. The second kappa shape index (κ2) is 65.4. The molecule has 0 spiro atoms. The molecule has 77 heavy (non-hydrogen) atoms. The van der Waals surface area contributed by atoms with E-state index in [1.54, 1.807) is 0 Å². The molecule has 6 nitrogen and oxygen atoms in total. The van der Waals surface area contributed by atoms with Crippen molar-refractivity contribution in [3.63, 3.8) is 0 Å². The predicted molar refractivity (Wildman–Crippen MR) is 335 cm³/mol. The lowest BCUT2D eigenvalue weighted by Crippen LogP contribution is -2.30. The van der Waals surface area contributed by atoms with Gasteiger partial charge >= 0.3 is 17.9 Å². The van der Waals surface area contributed by atoms with Crippen LogP contribution in [0.3, 0.4) is 0 Å². The van der Waals surface area contributed by atoms with Crippen LogP contribution in [0.1, 0.15) is 342 Å². The molecule has 0 amide bonds. The zero-order valence-electron chi connectivity index (χ0n) is 51.2. The molecular weight excluding hydrogens is 949 g/mol. The summed E-state index contributed by atoms with van der Waals surface area (Å²) in [5.74, 6) is -0.870. The van der Waals surface area contributed by atoms with Crippen LogP contribution in [0.5, 0.6) is 0 Å². The molecule has 0 heterocycles. The summed E-state index contributed by atoms with van der Waals surface area (Å²) in [7, 11) is 0. The van der Waals surface area contributed by atoms with Gasteiger partial charge in [0, 0.05) is 19.3 Å². The van der Waals surface area contributed by atoms with Crippen LogP contribution in [0.15, 0.2) is 72.9 Å². The summed E-state index contributed by atoms with van der Waals surface area (Å²) in [6.07, 6.45) is 84.8. The van der Waals surface area contributed by atoms with Crippen molar-refractivity contribution in [2.24, 2.45) is 0 Å². The standard InChI is InChI=1S/C71H126O6/c1-4-7-10-13-16-19-22-25-28-31-33-34-35-36-38-40-43-46-49-52-55-58-61-64-70(73)76-67-68(66-75-69(72)63-60-57-54-51-48-45-42-39-30-27-24-21-18-15-12-9-6-3)77-71(74)65-62-59-56-53-50-47-44-41-37-32-29-26-23-20-17-14-11-8-5-2/h7,10,16,19,25-26,28-29,33-34,36,38,68H,4-6,8-9,11-15,17-18,20-24,27,30-32,35,37,39-67H2,1-3H3/b10-7-,19-16-,28-25-,29-26-,34-33-,38-36-. The van der Waals surface area contributed by atoms with E-state index in [4.69, 9.17) is 14.2 Å². The summed E-state index contributed by atoms with van der Waals surface area (Å²) in [6, 6.07) is 0. The minimum Gasteiger partial charge on any atom is -0.462 e. The molecule has 6 heteroatoms. The van der Waals surface area contributed by atoms with Gasteiger partial charge in [-0.2, -0.15) is 0 Å². The third-order valence-corrected chi connectivity index (χ3v) is 14.7. The molecule has 0 N–H and O–H groups in total. The number of carbonyl (C=O) groups excluding carboxylic acids is 3. The largest absolute Gasteiger partial charge is 0.462 e. The van der Waals surface area contributed by atoms with Gasteiger partial charge in [-0.3, -0.25) is 14.4 Å². The van der Waals surface area contributed by atoms with Gasteiger partial charge in [0.15, 0.2) is 6.10 Å². The lowest BCUT2D eigenvalue weighted by atomic mass is 10.0. The minimum absolute atomic E-state index is 0.0760.